The summed E-state index contributed by atoms with van der Waals surface area (Å²) in [6.45, 7) is 0.526. The Morgan fingerprint density at radius 3 is 2.67 bits per heavy atom. The molecule has 0 fully saturated rings. The molecule has 0 saturated heterocycles. The summed E-state index contributed by atoms with van der Waals surface area (Å²) in [5.41, 5.74) is 0. The van der Waals surface area contributed by atoms with Crippen molar-refractivity contribution in [1.82, 2.24) is 5.32 Å². The Bertz CT molecular complexity index is 373. The molecular weight excluding hydrogens is 250 g/mol. The third-order valence-corrected chi connectivity index (χ3v) is 3.68. The fourth-order valence-electron chi connectivity index (χ4n) is 1.89. The van der Waals surface area contributed by atoms with Crippen LogP contribution in [0, 0.1) is 24.2 Å². The Hall–Kier alpha value is -1.41. The topological polar surface area (TPSA) is 66.4 Å². The zero-order chi connectivity index (χ0) is 13.4. The van der Waals surface area contributed by atoms with Crippen LogP contribution in [0.25, 0.3) is 0 Å². The van der Waals surface area contributed by atoms with Gasteiger partial charge in [-0.25, -0.2) is 0 Å². The van der Waals surface area contributed by atoms with Crippen molar-refractivity contribution in [3.8, 4) is 12.3 Å². The molecule has 0 heterocycles. The van der Waals surface area contributed by atoms with Gasteiger partial charge in [0.15, 0.2) is 0 Å². The van der Waals surface area contributed by atoms with Gasteiger partial charge in [-0.3, -0.25) is 9.59 Å². The molecule has 0 unspecified atom stereocenters. The van der Waals surface area contributed by atoms with Gasteiger partial charge in [-0.05, 0) is 12.8 Å². The summed E-state index contributed by atoms with van der Waals surface area (Å²) in [6.07, 6.45) is 9.73. The standard InChI is InChI=1S/C13H17NO3S/c1-2-8-18-9-7-14-12(15)10-5-3-4-6-11(10)13(16)17/h1,3-4,10-11H,5-9H2,(H,14,15)(H,16,17)/t10-,11+/m1/s1. The largest absolute Gasteiger partial charge is 0.481 e. The molecule has 1 aliphatic carbocycles. The Labute approximate surface area is 111 Å². The molecule has 2 atom stereocenters. The van der Waals surface area contributed by atoms with Crippen LogP contribution in [0.1, 0.15) is 12.8 Å². The molecule has 0 aromatic heterocycles. The molecule has 0 aromatic carbocycles. The lowest BCUT2D eigenvalue weighted by atomic mass is 9.82. The Kier molecular flexibility index (Phi) is 6.37. The van der Waals surface area contributed by atoms with Crippen molar-refractivity contribution < 1.29 is 14.7 Å². The maximum absolute atomic E-state index is 11.9. The summed E-state index contributed by atoms with van der Waals surface area (Å²) in [4.78, 5) is 22.9. The van der Waals surface area contributed by atoms with E-state index in [0.29, 0.717) is 25.1 Å². The predicted octanol–water partition coefficient (Wildman–Crippen LogP) is 1.14. The second kappa shape index (κ2) is 7.83. The highest BCUT2D eigenvalue weighted by Crippen LogP contribution is 2.25. The molecule has 0 spiro atoms. The molecule has 98 valence electrons. The van der Waals surface area contributed by atoms with Gasteiger partial charge >= 0.3 is 5.97 Å². The van der Waals surface area contributed by atoms with Gasteiger partial charge in [-0.1, -0.05) is 18.1 Å². The first-order valence-electron chi connectivity index (χ1n) is 5.83. The molecule has 0 aliphatic heterocycles. The third kappa shape index (κ3) is 4.46. The van der Waals surface area contributed by atoms with E-state index in [1.807, 2.05) is 12.2 Å². The fraction of sp³-hybridized carbons (Fsp3) is 0.538. The quantitative estimate of drug-likeness (QED) is 0.430. The molecule has 0 saturated carbocycles. The van der Waals surface area contributed by atoms with Gasteiger partial charge in [0.25, 0.3) is 0 Å². The smallest absolute Gasteiger partial charge is 0.307 e. The van der Waals surface area contributed by atoms with Crippen LogP contribution in [0.2, 0.25) is 0 Å². The zero-order valence-corrected chi connectivity index (χ0v) is 10.9. The molecule has 1 amide bonds. The van der Waals surface area contributed by atoms with Gasteiger partial charge in [-0.15, -0.1) is 18.2 Å². The van der Waals surface area contributed by atoms with Crippen molar-refractivity contribution >= 4 is 23.6 Å². The van der Waals surface area contributed by atoms with E-state index < -0.39 is 17.8 Å². The average Bonchev–Trinajstić information content (AvgIpc) is 2.38. The summed E-state index contributed by atoms with van der Waals surface area (Å²) >= 11 is 1.57. The van der Waals surface area contributed by atoms with Gasteiger partial charge in [0.1, 0.15) is 0 Å². The SMILES string of the molecule is C#CCSCCNC(=O)[C@@H]1CC=CC[C@@H]1C(=O)O. The number of carbonyl (C=O) groups excluding carboxylic acids is 1. The van der Waals surface area contributed by atoms with Gasteiger partial charge in [-0.2, -0.15) is 0 Å². The lowest BCUT2D eigenvalue weighted by molar-refractivity contribution is -0.147. The number of amides is 1. The van der Waals surface area contributed by atoms with Crippen LogP contribution in [0.3, 0.4) is 0 Å². The Morgan fingerprint density at radius 2 is 2.06 bits per heavy atom. The van der Waals surface area contributed by atoms with Crippen LogP contribution in [0.15, 0.2) is 12.2 Å². The number of nitrogens with one attached hydrogen (secondary N) is 1. The highest BCUT2D eigenvalue weighted by molar-refractivity contribution is 7.99. The van der Waals surface area contributed by atoms with E-state index in [0.717, 1.165) is 5.75 Å². The highest BCUT2D eigenvalue weighted by Gasteiger charge is 2.33. The molecule has 0 radical (unpaired) electrons. The summed E-state index contributed by atoms with van der Waals surface area (Å²) in [5.74, 6) is 1.74. The van der Waals surface area contributed by atoms with E-state index in [-0.39, 0.29) is 5.91 Å². The number of hydrogen-bond donors (Lipinski definition) is 2. The molecule has 2 N–H and O–H groups in total. The Balaban J connectivity index is 2.38. The number of rotatable bonds is 6. The van der Waals surface area contributed by atoms with Crippen LogP contribution >= 0.6 is 11.8 Å². The minimum absolute atomic E-state index is 0.173. The van der Waals surface area contributed by atoms with Crippen molar-refractivity contribution in [2.75, 3.05) is 18.1 Å². The van der Waals surface area contributed by atoms with E-state index in [1.54, 1.807) is 11.8 Å². The van der Waals surface area contributed by atoms with E-state index in [1.165, 1.54) is 0 Å². The number of allylic oxidation sites excluding steroid dienone is 2. The lowest BCUT2D eigenvalue weighted by Crippen LogP contribution is -2.39. The summed E-state index contributed by atoms with van der Waals surface area (Å²) in [5, 5.41) is 11.8. The predicted molar refractivity (Wildman–Crippen MR) is 72.2 cm³/mol. The summed E-state index contributed by atoms with van der Waals surface area (Å²) < 4.78 is 0. The van der Waals surface area contributed by atoms with Crippen LogP contribution in [-0.4, -0.2) is 35.0 Å². The average molecular weight is 267 g/mol. The minimum Gasteiger partial charge on any atom is -0.481 e. The third-order valence-electron chi connectivity index (χ3n) is 2.82. The second-order valence-electron chi connectivity index (χ2n) is 4.04. The molecule has 0 bridgehead atoms. The van der Waals surface area contributed by atoms with Crippen LogP contribution in [-0.2, 0) is 9.59 Å². The van der Waals surface area contributed by atoms with Crippen molar-refractivity contribution in [2.24, 2.45) is 11.8 Å². The van der Waals surface area contributed by atoms with Crippen molar-refractivity contribution in [3.05, 3.63) is 12.2 Å². The molecule has 0 aromatic rings. The summed E-state index contributed by atoms with van der Waals surface area (Å²) in [7, 11) is 0. The van der Waals surface area contributed by atoms with Crippen LogP contribution in [0.5, 0.6) is 0 Å². The van der Waals surface area contributed by atoms with E-state index in [2.05, 4.69) is 11.2 Å². The first kappa shape index (κ1) is 14.7. The minimum atomic E-state index is -0.902. The summed E-state index contributed by atoms with van der Waals surface area (Å²) in [6, 6.07) is 0. The van der Waals surface area contributed by atoms with Crippen molar-refractivity contribution in [1.29, 1.82) is 0 Å². The van der Waals surface area contributed by atoms with E-state index >= 15 is 0 Å². The molecule has 5 heteroatoms. The molecule has 1 aliphatic rings. The maximum Gasteiger partial charge on any atom is 0.307 e. The number of terminal acetylenes is 1. The van der Waals surface area contributed by atoms with Crippen molar-refractivity contribution in [3.63, 3.8) is 0 Å². The van der Waals surface area contributed by atoms with Gasteiger partial charge in [0.2, 0.25) is 5.91 Å². The van der Waals surface area contributed by atoms with Crippen LogP contribution in [0.4, 0.5) is 0 Å². The highest BCUT2D eigenvalue weighted by atomic mass is 32.2. The first-order valence-corrected chi connectivity index (χ1v) is 6.99. The number of hydrogen-bond acceptors (Lipinski definition) is 3. The normalized spacial score (nSPS) is 22.2. The molecule has 1 rings (SSSR count). The molecule has 18 heavy (non-hydrogen) atoms. The van der Waals surface area contributed by atoms with Gasteiger partial charge < -0.3 is 10.4 Å². The Morgan fingerprint density at radius 1 is 1.39 bits per heavy atom. The van der Waals surface area contributed by atoms with Crippen LogP contribution < -0.4 is 5.32 Å². The number of thioether (sulfide) groups is 1. The first-order chi connectivity index (χ1) is 8.66. The number of carboxylic acid groups (broad SMARTS) is 1. The van der Waals surface area contributed by atoms with Gasteiger partial charge in [0, 0.05) is 12.3 Å². The monoisotopic (exact) mass is 267 g/mol. The number of aliphatic carboxylic acids is 1. The number of carbonyl (C=O) groups is 2. The fourth-order valence-corrected chi connectivity index (χ4v) is 2.39. The zero-order valence-electron chi connectivity index (χ0n) is 10.1. The lowest BCUT2D eigenvalue weighted by Gasteiger charge is -2.24. The molecule has 4 nitrogen and oxygen atoms in total. The van der Waals surface area contributed by atoms with Crippen molar-refractivity contribution in [2.45, 2.75) is 12.8 Å². The maximum atomic E-state index is 11.9. The number of carboxylic acids is 1. The van der Waals surface area contributed by atoms with E-state index in [9.17, 15) is 9.59 Å². The van der Waals surface area contributed by atoms with E-state index in [4.69, 9.17) is 11.5 Å². The molecular formula is C13H17NO3S. The second-order valence-corrected chi connectivity index (χ2v) is 5.15. The van der Waals surface area contributed by atoms with Gasteiger partial charge in [0.05, 0.1) is 17.6 Å².